The van der Waals surface area contributed by atoms with Gasteiger partial charge in [-0.05, 0) is 25.3 Å². The Morgan fingerprint density at radius 3 is 2.59 bits per heavy atom. The fourth-order valence-corrected chi connectivity index (χ4v) is 2.98. The first-order valence-corrected chi connectivity index (χ1v) is 8.04. The number of rotatable bonds is 5. The number of nitrogens with zero attached hydrogens (tertiary/aromatic N) is 1. The van der Waals surface area contributed by atoms with Crippen LogP contribution in [0.4, 0.5) is 0 Å². The SMILES string of the molecule is CN(C(=O)CCS(C)(=O)=O)C1CCCC1CN. The zero-order chi connectivity index (χ0) is 13.1. The molecule has 2 atom stereocenters. The van der Waals surface area contributed by atoms with Gasteiger partial charge in [-0.1, -0.05) is 6.42 Å². The largest absolute Gasteiger partial charge is 0.342 e. The molecular formula is C11H22N2O3S. The van der Waals surface area contributed by atoms with Gasteiger partial charge in [-0.2, -0.15) is 0 Å². The molecule has 1 aliphatic carbocycles. The highest BCUT2D eigenvalue weighted by molar-refractivity contribution is 7.90. The second-order valence-electron chi connectivity index (χ2n) is 4.88. The zero-order valence-corrected chi connectivity index (χ0v) is 11.4. The Bertz CT molecular complexity index is 367. The molecule has 0 spiro atoms. The van der Waals surface area contributed by atoms with Crippen LogP contribution >= 0.6 is 0 Å². The molecule has 17 heavy (non-hydrogen) atoms. The van der Waals surface area contributed by atoms with Gasteiger partial charge >= 0.3 is 0 Å². The highest BCUT2D eigenvalue weighted by Crippen LogP contribution is 2.28. The Morgan fingerprint density at radius 2 is 2.06 bits per heavy atom. The highest BCUT2D eigenvalue weighted by Gasteiger charge is 2.31. The average molecular weight is 262 g/mol. The molecule has 0 aromatic heterocycles. The van der Waals surface area contributed by atoms with E-state index >= 15 is 0 Å². The van der Waals surface area contributed by atoms with E-state index in [2.05, 4.69) is 0 Å². The molecule has 2 unspecified atom stereocenters. The van der Waals surface area contributed by atoms with E-state index < -0.39 is 9.84 Å². The third-order valence-electron chi connectivity index (χ3n) is 3.50. The van der Waals surface area contributed by atoms with E-state index in [0.717, 1.165) is 25.5 Å². The molecule has 1 aliphatic rings. The topological polar surface area (TPSA) is 80.5 Å². The highest BCUT2D eigenvalue weighted by atomic mass is 32.2. The second-order valence-corrected chi connectivity index (χ2v) is 7.14. The van der Waals surface area contributed by atoms with E-state index in [1.54, 1.807) is 11.9 Å². The molecule has 0 aromatic rings. The smallest absolute Gasteiger partial charge is 0.223 e. The molecule has 0 bridgehead atoms. The summed E-state index contributed by atoms with van der Waals surface area (Å²) in [4.78, 5) is 13.5. The van der Waals surface area contributed by atoms with Crippen molar-refractivity contribution < 1.29 is 13.2 Å². The summed E-state index contributed by atoms with van der Waals surface area (Å²) in [6.45, 7) is 0.592. The van der Waals surface area contributed by atoms with Gasteiger partial charge in [0, 0.05) is 25.8 Å². The van der Waals surface area contributed by atoms with Gasteiger partial charge in [-0.25, -0.2) is 8.42 Å². The van der Waals surface area contributed by atoms with Crippen molar-refractivity contribution in [1.29, 1.82) is 0 Å². The number of carbonyl (C=O) groups excluding carboxylic acids is 1. The van der Waals surface area contributed by atoms with E-state index in [9.17, 15) is 13.2 Å². The number of sulfone groups is 1. The van der Waals surface area contributed by atoms with Gasteiger partial charge in [-0.15, -0.1) is 0 Å². The molecule has 5 nitrogen and oxygen atoms in total. The van der Waals surface area contributed by atoms with Crippen LogP contribution < -0.4 is 5.73 Å². The maximum Gasteiger partial charge on any atom is 0.223 e. The van der Waals surface area contributed by atoms with E-state index in [4.69, 9.17) is 5.73 Å². The van der Waals surface area contributed by atoms with E-state index in [1.165, 1.54) is 0 Å². The standard InChI is InChI=1S/C11H22N2O3S/c1-13(10-5-3-4-9(10)8-12)11(14)6-7-17(2,15)16/h9-10H,3-8,12H2,1-2H3. The van der Waals surface area contributed by atoms with Gasteiger partial charge in [0.25, 0.3) is 0 Å². The molecule has 2 N–H and O–H groups in total. The first kappa shape index (κ1) is 14.4. The van der Waals surface area contributed by atoms with Crippen molar-refractivity contribution in [3.8, 4) is 0 Å². The van der Waals surface area contributed by atoms with Crippen LogP contribution in [-0.2, 0) is 14.6 Å². The van der Waals surface area contributed by atoms with Crippen LogP contribution in [0.3, 0.4) is 0 Å². The van der Waals surface area contributed by atoms with Gasteiger partial charge in [0.2, 0.25) is 5.91 Å². The summed E-state index contributed by atoms with van der Waals surface area (Å²) in [5.74, 6) is 0.193. The molecule has 6 heteroatoms. The molecule has 0 aliphatic heterocycles. The summed E-state index contributed by atoms with van der Waals surface area (Å²) in [5.41, 5.74) is 5.67. The average Bonchev–Trinajstić information content (AvgIpc) is 2.71. The van der Waals surface area contributed by atoms with Crippen molar-refractivity contribution in [2.24, 2.45) is 11.7 Å². The lowest BCUT2D eigenvalue weighted by Gasteiger charge is -2.29. The van der Waals surface area contributed by atoms with Crippen LogP contribution in [0, 0.1) is 5.92 Å². The summed E-state index contributed by atoms with van der Waals surface area (Å²) in [5, 5.41) is 0. The van der Waals surface area contributed by atoms with Gasteiger partial charge < -0.3 is 10.6 Å². The van der Waals surface area contributed by atoms with Crippen LogP contribution in [0.2, 0.25) is 0 Å². The number of amides is 1. The van der Waals surface area contributed by atoms with E-state index in [1.807, 2.05) is 0 Å². The molecule has 1 amide bonds. The monoisotopic (exact) mass is 262 g/mol. The van der Waals surface area contributed by atoms with Crippen molar-refractivity contribution >= 4 is 15.7 Å². The molecule has 1 rings (SSSR count). The molecular weight excluding hydrogens is 240 g/mol. The van der Waals surface area contributed by atoms with Crippen LogP contribution in [0.25, 0.3) is 0 Å². The summed E-state index contributed by atoms with van der Waals surface area (Å²) < 4.78 is 22.0. The summed E-state index contributed by atoms with van der Waals surface area (Å²) >= 11 is 0. The van der Waals surface area contributed by atoms with Crippen molar-refractivity contribution in [3.05, 3.63) is 0 Å². The zero-order valence-electron chi connectivity index (χ0n) is 10.6. The number of nitrogens with two attached hydrogens (primary N) is 1. The summed E-state index contributed by atoms with van der Waals surface area (Å²) in [6, 6.07) is 0.187. The Labute approximate surface area is 103 Å². The van der Waals surface area contributed by atoms with Crippen molar-refractivity contribution in [2.75, 3.05) is 25.6 Å². The molecule has 100 valence electrons. The van der Waals surface area contributed by atoms with Crippen LogP contribution in [0.1, 0.15) is 25.7 Å². The predicted octanol–water partition coefficient (Wildman–Crippen LogP) is 0.00690. The summed E-state index contributed by atoms with van der Waals surface area (Å²) in [6.07, 6.45) is 4.35. The molecule has 1 fully saturated rings. The van der Waals surface area contributed by atoms with Crippen molar-refractivity contribution in [2.45, 2.75) is 31.7 Å². The molecule has 0 aromatic carbocycles. The Hall–Kier alpha value is -0.620. The second kappa shape index (κ2) is 5.82. The molecule has 0 saturated heterocycles. The maximum atomic E-state index is 11.9. The Kier molecular flexibility index (Phi) is 4.94. The first-order valence-electron chi connectivity index (χ1n) is 5.98. The fourth-order valence-electron chi connectivity index (χ4n) is 2.44. The van der Waals surface area contributed by atoms with E-state index in [-0.39, 0.29) is 24.1 Å². The minimum atomic E-state index is -3.07. The lowest BCUT2D eigenvalue weighted by Crippen LogP contribution is -2.41. The minimum Gasteiger partial charge on any atom is -0.342 e. The van der Waals surface area contributed by atoms with Crippen LogP contribution in [0.5, 0.6) is 0 Å². The lowest BCUT2D eigenvalue weighted by molar-refractivity contribution is -0.132. The normalized spacial score (nSPS) is 24.9. The number of carbonyl (C=O) groups is 1. The van der Waals surface area contributed by atoms with Gasteiger partial charge in [0.1, 0.15) is 9.84 Å². The first-order chi connectivity index (χ1) is 7.85. The molecule has 1 saturated carbocycles. The minimum absolute atomic E-state index is 0.0725. The number of hydrogen-bond acceptors (Lipinski definition) is 4. The fraction of sp³-hybridized carbons (Fsp3) is 0.909. The third-order valence-corrected chi connectivity index (χ3v) is 4.44. The van der Waals surface area contributed by atoms with Crippen molar-refractivity contribution in [1.82, 2.24) is 4.90 Å². The predicted molar refractivity (Wildman–Crippen MR) is 67.3 cm³/mol. The lowest BCUT2D eigenvalue weighted by atomic mass is 10.0. The molecule has 0 radical (unpaired) electrons. The van der Waals surface area contributed by atoms with Crippen LogP contribution in [-0.4, -0.2) is 50.9 Å². The molecule has 0 heterocycles. The Morgan fingerprint density at radius 1 is 1.41 bits per heavy atom. The third kappa shape index (κ3) is 4.27. The number of hydrogen-bond donors (Lipinski definition) is 1. The maximum absolute atomic E-state index is 11.9. The van der Waals surface area contributed by atoms with Gasteiger partial charge in [0.05, 0.1) is 5.75 Å². The van der Waals surface area contributed by atoms with Gasteiger partial charge in [0.15, 0.2) is 0 Å². The van der Waals surface area contributed by atoms with Gasteiger partial charge in [-0.3, -0.25) is 4.79 Å². The Balaban J connectivity index is 2.51. The van der Waals surface area contributed by atoms with E-state index in [0.29, 0.717) is 12.5 Å². The van der Waals surface area contributed by atoms with Crippen LogP contribution in [0.15, 0.2) is 0 Å². The summed E-state index contributed by atoms with van der Waals surface area (Å²) in [7, 11) is -1.31. The quantitative estimate of drug-likeness (QED) is 0.756. The van der Waals surface area contributed by atoms with Crippen molar-refractivity contribution in [3.63, 3.8) is 0 Å².